The van der Waals surface area contributed by atoms with Crippen LogP contribution in [-0.4, -0.2) is 14.3 Å². The number of hydrogen-bond donors (Lipinski definition) is 1. The molecule has 2 aromatic heterocycles. The summed E-state index contributed by atoms with van der Waals surface area (Å²) in [5, 5.41) is 6.24. The summed E-state index contributed by atoms with van der Waals surface area (Å²) in [6.07, 6.45) is 0. The molecule has 0 fully saturated rings. The number of anilines is 1. The quantitative estimate of drug-likeness (QED) is 0.731. The summed E-state index contributed by atoms with van der Waals surface area (Å²) in [6.45, 7) is 0. The number of nitrogens with zero attached hydrogens (tertiary/aromatic N) is 3. The van der Waals surface area contributed by atoms with Crippen molar-refractivity contribution >= 4 is 28.3 Å². The van der Waals surface area contributed by atoms with Gasteiger partial charge in [-0.05, 0) is 12.1 Å². The van der Waals surface area contributed by atoms with Crippen LogP contribution in [0.5, 0.6) is 0 Å². The van der Waals surface area contributed by atoms with E-state index in [9.17, 15) is 0 Å². The fourth-order valence-corrected chi connectivity index (χ4v) is 2.53. The summed E-state index contributed by atoms with van der Waals surface area (Å²) in [5.41, 5.74) is 8.69. The van der Waals surface area contributed by atoms with Gasteiger partial charge in [-0.15, -0.1) is 0 Å². The van der Waals surface area contributed by atoms with Crippen molar-refractivity contribution < 1.29 is 0 Å². The van der Waals surface area contributed by atoms with Crippen molar-refractivity contribution in [2.45, 2.75) is 0 Å². The lowest BCUT2D eigenvalue weighted by Crippen LogP contribution is -1.97. The van der Waals surface area contributed by atoms with E-state index in [0.29, 0.717) is 5.82 Å². The molecule has 0 unspecified atom stereocenters. The van der Waals surface area contributed by atoms with Gasteiger partial charge in [-0.2, -0.15) is 5.10 Å². The standard InChI is InChI=1S/C13H13ClN4/c1-17-11(10-7-12(15)18(2)16-10)6-8-4-3-5-9(14)13(8)17/h3-7H,15H2,1-2H3. The molecule has 0 bridgehead atoms. The van der Waals surface area contributed by atoms with E-state index in [2.05, 4.69) is 11.2 Å². The second-order valence-electron chi connectivity index (χ2n) is 4.34. The Balaban J connectivity index is 2.30. The molecule has 0 amide bonds. The minimum Gasteiger partial charge on any atom is -0.384 e. The van der Waals surface area contributed by atoms with Gasteiger partial charge in [0.25, 0.3) is 0 Å². The number of nitrogens with two attached hydrogens (primary N) is 1. The molecule has 92 valence electrons. The molecule has 2 N–H and O–H groups in total. The highest BCUT2D eigenvalue weighted by atomic mass is 35.5. The zero-order valence-electron chi connectivity index (χ0n) is 10.2. The van der Waals surface area contributed by atoms with Crippen molar-refractivity contribution in [1.82, 2.24) is 14.3 Å². The molecule has 0 aliphatic rings. The maximum absolute atomic E-state index is 6.23. The molecule has 0 saturated heterocycles. The zero-order chi connectivity index (χ0) is 12.9. The van der Waals surface area contributed by atoms with Gasteiger partial charge in [0.05, 0.1) is 16.2 Å². The third kappa shape index (κ3) is 1.49. The summed E-state index contributed by atoms with van der Waals surface area (Å²) in [6, 6.07) is 9.81. The predicted octanol–water partition coefficient (Wildman–Crippen LogP) is 2.81. The van der Waals surface area contributed by atoms with Gasteiger partial charge in [-0.1, -0.05) is 23.7 Å². The summed E-state index contributed by atoms with van der Waals surface area (Å²) in [7, 11) is 3.81. The first-order chi connectivity index (χ1) is 8.58. The van der Waals surface area contributed by atoms with Crippen molar-refractivity contribution in [3.63, 3.8) is 0 Å². The molecule has 3 aromatic rings. The molecule has 0 aliphatic carbocycles. The van der Waals surface area contributed by atoms with Gasteiger partial charge < -0.3 is 10.3 Å². The zero-order valence-corrected chi connectivity index (χ0v) is 10.9. The van der Waals surface area contributed by atoms with Crippen molar-refractivity contribution in [3.05, 3.63) is 35.4 Å². The van der Waals surface area contributed by atoms with Gasteiger partial charge in [-0.25, -0.2) is 0 Å². The molecular weight excluding hydrogens is 248 g/mol. The number of nitrogen functional groups attached to an aromatic ring is 1. The Labute approximate surface area is 110 Å². The van der Waals surface area contributed by atoms with Crippen molar-refractivity contribution in [2.75, 3.05) is 5.73 Å². The Morgan fingerprint density at radius 1 is 1.22 bits per heavy atom. The number of para-hydroxylation sites is 1. The first kappa shape index (κ1) is 11.2. The lowest BCUT2D eigenvalue weighted by molar-refractivity contribution is 0.779. The molecule has 0 spiro atoms. The Hall–Kier alpha value is -1.94. The average molecular weight is 261 g/mol. The highest BCUT2D eigenvalue weighted by Crippen LogP contribution is 2.31. The second-order valence-corrected chi connectivity index (χ2v) is 4.75. The Morgan fingerprint density at radius 3 is 2.61 bits per heavy atom. The van der Waals surface area contributed by atoms with Crippen LogP contribution in [0.4, 0.5) is 5.82 Å². The summed E-state index contributed by atoms with van der Waals surface area (Å²) in [4.78, 5) is 0. The van der Waals surface area contributed by atoms with E-state index in [1.165, 1.54) is 0 Å². The molecule has 1 aromatic carbocycles. The highest BCUT2D eigenvalue weighted by Gasteiger charge is 2.13. The van der Waals surface area contributed by atoms with Gasteiger partial charge in [0.15, 0.2) is 0 Å². The maximum Gasteiger partial charge on any atom is 0.122 e. The Kier molecular flexibility index (Phi) is 2.35. The third-order valence-electron chi connectivity index (χ3n) is 3.19. The average Bonchev–Trinajstić information content (AvgIpc) is 2.82. The van der Waals surface area contributed by atoms with Gasteiger partial charge >= 0.3 is 0 Å². The lowest BCUT2D eigenvalue weighted by atomic mass is 10.2. The number of aromatic nitrogens is 3. The van der Waals surface area contributed by atoms with E-state index in [-0.39, 0.29) is 0 Å². The van der Waals surface area contributed by atoms with Crippen LogP contribution >= 0.6 is 11.6 Å². The van der Waals surface area contributed by atoms with Crippen LogP contribution in [-0.2, 0) is 14.1 Å². The molecule has 18 heavy (non-hydrogen) atoms. The fourth-order valence-electron chi connectivity index (χ4n) is 2.22. The highest BCUT2D eigenvalue weighted by molar-refractivity contribution is 6.35. The molecule has 0 radical (unpaired) electrons. The number of rotatable bonds is 1. The van der Waals surface area contributed by atoms with Crippen LogP contribution in [0.15, 0.2) is 30.3 Å². The molecular formula is C13H13ClN4. The SMILES string of the molecule is Cn1nc(-c2cc3cccc(Cl)c3n2C)cc1N. The minimum atomic E-state index is 0.640. The van der Waals surface area contributed by atoms with E-state index in [4.69, 9.17) is 17.3 Å². The summed E-state index contributed by atoms with van der Waals surface area (Å²) in [5.74, 6) is 0.640. The number of halogens is 1. The molecule has 4 nitrogen and oxygen atoms in total. The number of fused-ring (bicyclic) bond motifs is 1. The molecule has 0 aliphatic heterocycles. The number of aryl methyl sites for hydroxylation is 2. The maximum atomic E-state index is 6.23. The Bertz CT molecular complexity index is 719. The van der Waals surface area contributed by atoms with E-state index in [0.717, 1.165) is 27.3 Å². The van der Waals surface area contributed by atoms with Gasteiger partial charge in [0.1, 0.15) is 11.5 Å². The third-order valence-corrected chi connectivity index (χ3v) is 3.49. The van der Waals surface area contributed by atoms with Crippen LogP contribution < -0.4 is 5.73 Å². The van der Waals surface area contributed by atoms with Crippen molar-refractivity contribution in [3.8, 4) is 11.4 Å². The molecule has 0 atom stereocenters. The lowest BCUT2D eigenvalue weighted by Gasteiger charge is -2.02. The number of benzene rings is 1. The van der Waals surface area contributed by atoms with Crippen LogP contribution in [0, 0.1) is 0 Å². The Morgan fingerprint density at radius 2 is 2.00 bits per heavy atom. The number of hydrogen-bond acceptors (Lipinski definition) is 2. The minimum absolute atomic E-state index is 0.640. The van der Waals surface area contributed by atoms with Crippen molar-refractivity contribution in [1.29, 1.82) is 0 Å². The fraction of sp³-hybridized carbons (Fsp3) is 0.154. The van der Waals surface area contributed by atoms with Crippen LogP contribution in [0.3, 0.4) is 0 Å². The monoisotopic (exact) mass is 260 g/mol. The van der Waals surface area contributed by atoms with E-state index < -0.39 is 0 Å². The van der Waals surface area contributed by atoms with E-state index >= 15 is 0 Å². The molecule has 0 saturated carbocycles. The predicted molar refractivity (Wildman–Crippen MR) is 74.5 cm³/mol. The van der Waals surface area contributed by atoms with Gasteiger partial charge in [-0.3, -0.25) is 4.68 Å². The van der Waals surface area contributed by atoms with E-state index in [1.54, 1.807) is 4.68 Å². The van der Waals surface area contributed by atoms with Gasteiger partial charge in [0, 0.05) is 25.5 Å². The first-order valence-electron chi connectivity index (χ1n) is 5.62. The molecule has 3 rings (SSSR count). The van der Waals surface area contributed by atoms with Crippen molar-refractivity contribution in [2.24, 2.45) is 14.1 Å². The van der Waals surface area contributed by atoms with E-state index in [1.807, 2.05) is 42.9 Å². The smallest absolute Gasteiger partial charge is 0.122 e. The second kappa shape index (κ2) is 3.78. The van der Waals surface area contributed by atoms with Crippen LogP contribution in [0.1, 0.15) is 0 Å². The molecule has 2 heterocycles. The van der Waals surface area contributed by atoms with Crippen LogP contribution in [0.25, 0.3) is 22.3 Å². The topological polar surface area (TPSA) is 48.8 Å². The normalized spacial score (nSPS) is 11.3. The summed E-state index contributed by atoms with van der Waals surface area (Å²) >= 11 is 6.23. The largest absolute Gasteiger partial charge is 0.384 e. The molecule has 5 heteroatoms. The van der Waals surface area contributed by atoms with Gasteiger partial charge in [0.2, 0.25) is 0 Å². The van der Waals surface area contributed by atoms with Crippen LogP contribution in [0.2, 0.25) is 5.02 Å². The first-order valence-corrected chi connectivity index (χ1v) is 5.99. The summed E-state index contributed by atoms with van der Waals surface area (Å²) < 4.78 is 3.70.